The van der Waals surface area contributed by atoms with Gasteiger partial charge in [-0.05, 0) is 12.5 Å². The molecule has 0 saturated carbocycles. The molecular formula is C20H28N6O2. The molecule has 28 heavy (non-hydrogen) atoms. The van der Waals surface area contributed by atoms with E-state index < -0.39 is 0 Å². The molecule has 3 rings (SSSR count). The number of aryl methyl sites for hydroxylation is 1. The maximum absolute atomic E-state index is 5.80. The monoisotopic (exact) mass is 384 g/mol. The minimum atomic E-state index is 0.340. The van der Waals surface area contributed by atoms with Gasteiger partial charge in [-0.2, -0.15) is 15.1 Å². The minimum Gasteiger partial charge on any atom is -0.462 e. The van der Waals surface area contributed by atoms with E-state index in [9.17, 15) is 0 Å². The fraction of sp³-hybridized carbons (Fsp3) is 0.450. The van der Waals surface area contributed by atoms with Gasteiger partial charge in [-0.25, -0.2) is 0 Å². The second kappa shape index (κ2) is 10.0. The zero-order valence-corrected chi connectivity index (χ0v) is 16.8. The topological polar surface area (TPSA) is 75.1 Å². The molecule has 150 valence electrons. The second-order valence-electron chi connectivity index (χ2n) is 6.88. The molecule has 1 aromatic heterocycles. The van der Waals surface area contributed by atoms with Crippen molar-refractivity contribution in [3.63, 3.8) is 0 Å². The van der Waals surface area contributed by atoms with Crippen LogP contribution < -0.4 is 15.1 Å². The van der Waals surface area contributed by atoms with Crippen LogP contribution >= 0.6 is 0 Å². The summed E-state index contributed by atoms with van der Waals surface area (Å²) < 4.78 is 11.2. The third-order valence-electron chi connectivity index (χ3n) is 4.33. The van der Waals surface area contributed by atoms with Gasteiger partial charge in [0, 0.05) is 39.8 Å². The number of nitrogens with zero attached hydrogens (tertiary/aromatic N) is 5. The number of morpholine rings is 1. The van der Waals surface area contributed by atoms with Gasteiger partial charge in [-0.15, -0.1) is 0 Å². The van der Waals surface area contributed by atoms with Crippen molar-refractivity contribution >= 4 is 17.9 Å². The van der Waals surface area contributed by atoms with Crippen molar-refractivity contribution in [2.24, 2.45) is 5.10 Å². The van der Waals surface area contributed by atoms with E-state index >= 15 is 0 Å². The van der Waals surface area contributed by atoms with Gasteiger partial charge in [0.2, 0.25) is 0 Å². The lowest BCUT2D eigenvalue weighted by atomic mass is 10.2. The lowest BCUT2D eigenvalue weighted by Crippen LogP contribution is -2.38. The molecule has 0 unspecified atom stereocenters. The summed E-state index contributed by atoms with van der Waals surface area (Å²) in [5, 5.41) is 4.29. The highest BCUT2D eigenvalue weighted by atomic mass is 16.5. The predicted octanol–water partition coefficient (Wildman–Crippen LogP) is 2.01. The molecule has 8 nitrogen and oxygen atoms in total. The number of hydrazone groups is 1. The fourth-order valence-electron chi connectivity index (χ4n) is 2.78. The molecule has 2 aromatic rings. The summed E-state index contributed by atoms with van der Waals surface area (Å²) in [6.07, 6.45) is 1.77. The van der Waals surface area contributed by atoms with Crippen LogP contribution in [0.1, 0.15) is 11.1 Å². The highest BCUT2D eigenvalue weighted by molar-refractivity contribution is 5.80. The van der Waals surface area contributed by atoms with Crippen LogP contribution in [0.3, 0.4) is 0 Å². The Bertz CT molecular complexity index is 790. The lowest BCUT2D eigenvalue weighted by Gasteiger charge is -2.26. The Morgan fingerprint density at radius 2 is 2.07 bits per heavy atom. The molecule has 1 aliphatic rings. The summed E-state index contributed by atoms with van der Waals surface area (Å²) in [5.74, 6) is 1.34. The summed E-state index contributed by atoms with van der Waals surface area (Å²) in [6.45, 7) is 6.83. The van der Waals surface area contributed by atoms with Crippen LogP contribution in [0, 0.1) is 6.92 Å². The number of aromatic nitrogens is 2. The van der Waals surface area contributed by atoms with Crippen LogP contribution in [0.4, 0.5) is 11.6 Å². The molecule has 0 spiro atoms. The van der Waals surface area contributed by atoms with Crippen molar-refractivity contribution in [2.75, 3.05) is 63.9 Å². The van der Waals surface area contributed by atoms with Crippen molar-refractivity contribution in [1.82, 2.24) is 14.9 Å². The Morgan fingerprint density at radius 1 is 1.25 bits per heavy atom. The Balaban J connectivity index is 1.61. The zero-order valence-electron chi connectivity index (χ0n) is 16.8. The highest BCUT2D eigenvalue weighted by Crippen LogP contribution is 2.18. The van der Waals surface area contributed by atoms with Gasteiger partial charge in [0.15, 0.2) is 5.82 Å². The van der Waals surface area contributed by atoms with Gasteiger partial charge >= 0.3 is 6.01 Å². The molecule has 1 saturated heterocycles. The van der Waals surface area contributed by atoms with Crippen LogP contribution in [0.25, 0.3) is 0 Å². The quantitative estimate of drug-likeness (QED) is 0.551. The van der Waals surface area contributed by atoms with E-state index in [1.54, 1.807) is 6.21 Å². The number of anilines is 2. The Morgan fingerprint density at radius 3 is 2.82 bits per heavy atom. The Hall–Kier alpha value is -2.71. The molecule has 0 atom stereocenters. The van der Waals surface area contributed by atoms with Gasteiger partial charge in [0.25, 0.3) is 0 Å². The SMILES string of the molecule is Cc1cccc(C=NNc2cc(N(C)C)nc(OCCN3CCOCC3)n2)c1. The molecule has 0 radical (unpaired) electrons. The number of nitrogens with one attached hydrogen (secondary N) is 1. The van der Waals surface area contributed by atoms with Crippen LogP contribution in [-0.4, -0.2) is 74.6 Å². The van der Waals surface area contributed by atoms with Crippen molar-refractivity contribution in [1.29, 1.82) is 0 Å². The van der Waals surface area contributed by atoms with Crippen LogP contribution in [0.2, 0.25) is 0 Å². The van der Waals surface area contributed by atoms with Gasteiger partial charge < -0.3 is 14.4 Å². The predicted molar refractivity (Wildman–Crippen MR) is 112 cm³/mol. The number of rotatable bonds is 8. The molecule has 1 fully saturated rings. The van der Waals surface area contributed by atoms with E-state index in [0.29, 0.717) is 18.4 Å². The third-order valence-corrected chi connectivity index (χ3v) is 4.33. The van der Waals surface area contributed by atoms with Crippen LogP contribution in [0.15, 0.2) is 35.4 Å². The molecule has 1 N–H and O–H groups in total. The maximum Gasteiger partial charge on any atom is 0.320 e. The first-order valence-electron chi connectivity index (χ1n) is 9.45. The fourth-order valence-corrected chi connectivity index (χ4v) is 2.78. The van der Waals surface area contributed by atoms with E-state index in [2.05, 4.69) is 44.5 Å². The van der Waals surface area contributed by atoms with Gasteiger partial charge in [0.05, 0.1) is 19.4 Å². The molecule has 0 amide bonds. The van der Waals surface area contributed by atoms with E-state index in [1.165, 1.54) is 5.56 Å². The smallest absolute Gasteiger partial charge is 0.320 e. The van der Waals surface area contributed by atoms with Crippen molar-refractivity contribution in [3.05, 3.63) is 41.5 Å². The zero-order chi connectivity index (χ0) is 19.8. The van der Waals surface area contributed by atoms with E-state index in [4.69, 9.17) is 9.47 Å². The minimum absolute atomic E-state index is 0.340. The summed E-state index contributed by atoms with van der Waals surface area (Å²) in [7, 11) is 3.86. The molecule has 2 heterocycles. The van der Waals surface area contributed by atoms with Gasteiger partial charge in [0.1, 0.15) is 12.4 Å². The molecule has 1 aromatic carbocycles. The number of ether oxygens (including phenoxy) is 2. The summed E-state index contributed by atoms with van der Waals surface area (Å²) >= 11 is 0. The molecule has 0 bridgehead atoms. The van der Waals surface area contributed by atoms with Gasteiger partial charge in [-0.3, -0.25) is 10.3 Å². The number of benzene rings is 1. The normalized spacial score (nSPS) is 15.0. The first kappa shape index (κ1) is 20.0. The van der Waals surface area contributed by atoms with Crippen molar-refractivity contribution in [2.45, 2.75) is 6.92 Å². The first-order chi connectivity index (χ1) is 13.6. The highest BCUT2D eigenvalue weighted by Gasteiger charge is 2.11. The summed E-state index contributed by atoms with van der Waals surface area (Å²) in [4.78, 5) is 13.1. The Kier molecular flexibility index (Phi) is 7.16. The Labute approximate surface area is 166 Å². The second-order valence-corrected chi connectivity index (χ2v) is 6.88. The van der Waals surface area contributed by atoms with E-state index in [1.807, 2.05) is 37.2 Å². The summed E-state index contributed by atoms with van der Waals surface area (Å²) in [5.41, 5.74) is 5.19. The van der Waals surface area contributed by atoms with Crippen LogP contribution in [0.5, 0.6) is 6.01 Å². The molecule has 8 heteroatoms. The van der Waals surface area contributed by atoms with E-state index in [-0.39, 0.29) is 0 Å². The lowest BCUT2D eigenvalue weighted by molar-refractivity contribution is 0.0317. The maximum atomic E-state index is 5.80. The number of hydrogen-bond donors (Lipinski definition) is 1. The largest absolute Gasteiger partial charge is 0.462 e. The van der Waals surface area contributed by atoms with Gasteiger partial charge in [-0.1, -0.05) is 29.8 Å². The number of hydrogen-bond acceptors (Lipinski definition) is 8. The first-order valence-corrected chi connectivity index (χ1v) is 9.45. The molecule has 1 aliphatic heterocycles. The molecular weight excluding hydrogens is 356 g/mol. The van der Waals surface area contributed by atoms with Crippen molar-refractivity contribution in [3.8, 4) is 6.01 Å². The average Bonchev–Trinajstić information content (AvgIpc) is 2.69. The summed E-state index contributed by atoms with van der Waals surface area (Å²) in [6, 6.07) is 10.3. The standard InChI is InChI=1S/C20H28N6O2/c1-16-5-4-6-17(13-16)15-21-24-18-14-19(25(2)3)23-20(22-18)28-12-9-26-7-10-27-11-8-26/h4-6,13-15H,7-12H2,1-3H3,(H,22,23,24). The van der Waals surface area contributed by atoms with Crippen LogP contribution in [-0.2, 0) is 4.74 Å². The van der Waals surface area contributed by atoms with E-state index in [0.717, 1.165) is 44.2 Å². The molecule has 0 aliphatic carbocycles. The average molecular weight is 384 g/mol. The van der Waals surface area contributed by atoms with Crippen molar-refractivity contribution < 1.29 is 9.47 Å². The third kappa shape index (κ3) is 6.17.